The van der Waals surface area contributed by atoms with Crippen LogP contribution >= 0.6 is 15.9 Å². The van der Waals surface area contributed by atoms with Crippen molar-refractivity contribution in [3.8, 4) is 11.5 Å². The van der Waals surface area contributed by atoms with Crippen molar-refractivity contribution in [2.45, 2.75) is 26.9 Å². The summed E-state index contributed by atoms with van der Waals surface area (Å²) in [4.78, 5) is 85.5. The van der Waals surface area contributed by atoms with E-state index in [-0.39, 0.29) is 40.3 Å². The number of halogens is 3. The van der Waals surface area contributed by atoms with Crippen molar-refractivity contribution in [1.29, 1.82) is 0 Å². The molecule has 8 rings (SSSR count). The van der Waals surface area contributed by atoms with E-state index in [0.717, 1.165) is 37.1 Å². The Morgan fingerprint density at radius 2 is 0.963 bits per heavy atom. The van der Waals surface area contributed by atoms with Gasteiger partial charge in [0.25, 0.3) is 22.9 Å². The lowest BCUT2D eigenvalue weighted by atomic mass is 10.2. The van der Waals surface area contributed by atoms with Gasteiger partial charge in [-0.05, 0) is 114 Å². The van der Waals surface area contributed by atoms with Gasteiger partial charge in [0.2, 0.25) is 37.5 Å². The van der Waals surface area contributed by atoms with Gasteiger partial charge in [0.15, 0.2) is 16.1 Å². The van der Waals surface area contributed by atoms with E-state index in [1.807, 2.05) is 26.0 Å². The fourth-order valence-corrected chi connectivity index (χ4v) is 8.83. The van der Waals surface area contributed by atoms with Crippen molar-refractivity contribution in [2.24, 2.45) is 14.1 Å². The molecule has 0 unspecified atom stereocenters. The minimum atomic E-state index is -4.07. The number of anilines is 3. The van der Waals surface area contributed by atoms with E-state index in [2.05, 4.69) is 41.3 Å². The highest BCUT2D eigenvalue weighted by molar-refractivity contribution is 9.10. The van der Waals surface area contributed by atoms with E-state index >= 15 is 0 Å². The van der Waals surface area contributed by atoms with Crippen molar-refractivity contribution < 1.29 is 54.3 Å². The number of ether oxygens (including phenoxy) is 2. The van der Waals surface area contributed by atoms with Gasteiger partial charge < -0.3 is 20.1 Å². The molecule has 0 radical (unpaired) electrons. The average molecular weight is 1210 g/mol. The van der Waals surface area contributed by atoms with E-state index in [0.29, 0.717) is 16.8 Å². The number of esters is 2. The summed E-state index contributed by atoms with van der Waals surface area (Å²) in [6.07, 6.45) is 2.06. The van der Waals surface area contributed by atoms with Crippen molar-refractivity contribution >= 4 is 77.1 Å². The molecule has 0 atom stereocenters. The molecule has 81 heavy (non-hydrogen) atoms. The van der Waals surface area contributed by atoms with Crippen molar-refractivity contribution in [3.63, 3.8) is 0 Å². The Balaban J connectivity index is 0.000000223. The second-order valence-electron chi connectivity index (χ2n) is 17.6. The maximum absolute atomic E-state index is 13.5. The molecule has 0 fully saturated rings. The molecule has 0 aliphatic heterocycles. The lowest BCUT2D eigenvalue weighted by molar-refractivity contribution is 0.0715. The number of benzene rings is 6. The minimum absolute atomic E-state index is 0.0691. The van der Waals surface area contributed by atoms with Gasteiger partial charge in [-0.25, -0.2) is 49.5 Å². The SMILES string of the molecule is Cc1ccc(N(c2nc(C(=O)NCc3ccc(F)cc3)c(OC(=O)c3ccccc3)c(=O)n2C)S(C)(=O)=O)cc1.Cc1ccc(NS(C)(=O)=O)cc1.Cn1c(Br)nc(C(=O)NCc2ccc(F)cc2)c(OC(=O)c2ccccc2)c1=O. The summed E-state index contributed by atoms with van der Waals surface area (Å²) in [5, 5.41) is 5.13. The Labute approximate surface area is 472 Å². The van der Waals surface area contributed by atoms with Gasteiger partial charge in [0, 0.05) is 32.9 Å². The van der Waals surface area contributed by atoms with Crippen LogP contribution in [-0.2, 0) is 47.2 Å². The van der Waals surface area contributed by atoms with Crippen molar-refractivity contribution in [2.75, 3.05) is 21.5 Å². The predicted molar refractivity (Wildman–Crippen MR) is 302 cm³/mol. The Morgan fingerprint density at radius 3 is 1.37 bits per heavy atom. The largest absolute Gasteiger partial charge is 0.414 e. The predicted octanol–water partition coefficient (Wildman–Crippen LogP) is 7.67. The van der Waals surface area contributed by atoms with E-state index in [9.17, 15) is 54.4 Å². The fraction of sp³-hybridized carbons (Fsp3) is 0.143. The van der Waals surface area contributed by atoms with Crippen LogP contribution in [0.25, 0.3) is 0 Å². The van der Waals surface area contributed by atoms with Crippen LogP contribution in [-0.4, -0.2) is 72.2 Å². The van der Waals surface area contributed by atoms with Crippen molar-refractivity contribution in [3.05, 3.63) is 240 Å². The van der Waals surface area contributed by atoms with Crippen LogP contribution in [0.4, 0.5) is 26.1 Å². The Kier molecular flexibility index (Phi) is 20.4. The molecule has 0 spiro atoms. The third-order valence-corrected chi connectivity index (χ3v) is 13.5. The zero-order chi connectivity index (χ0) is 59.2. The average Bonchev–Trinajstić information content (AvgIpc) is 3.64. The Morgan fingerprint density at radius 1 is 0.568 bits per heavy atom. The van der Waals surface area contributed by atoms with Crippen LogP contribution in [0.3, 0.4) is 0 Å². The van der Waals surface area contributed by atoms with E-state index in [1.54, 1.807) is 60.7 Å². The number of carbonyl (C=O) groups excluding carboxylic acids is 4. The first-order valence-corrected chi connectivity index (χ1v) is 28.4. The highest BCUT2D eigenvalue weighted by Gasteiger charge is 2.31. The van der Waals surface area contributed by atoms with Crippen LogP contribution in [0.1, 0.15) is 63.9 Å². The summed E-state index contributed by atoms with van der Waals surface area (Å²) in [6.45, 7) is 3.76. The number of aromatic nitrogens is 4. The van der Waals surface area contributed by atoms with Gasteiger partial charge >= 0.3 is 11.9 Å². The lowest BCUT2D eigenvalue weighted by Gasteiger charge is -2.24. The maximum atomic E-state index is 13.5. The molecule has 0 aliphatic carbocycles. The van der Waals surface area contributed by atoms with Gasteiger partial charge in [0.1, 0.15) is 11.6 Å². The second kappa shape index (κ2) is 27.1. The number of aryl methyl sites for hydroxylation is 2. The van der Waals surface area contributed by atoms with Crippen LogP contribution in [0, 0.1) is 25.5 Å². The zero-order valence-corrected chi connectivity index (χ0v) is 47.2. The van der Waals surface area contributed by atoms with Crippen LogP contribution in [0.15, 0.2) is 172 Å². The molecule has 25 heteroatoms. The number of carbonyl (C=O) groups is 4. The molecule has 6 aromatic carbocycles. The molecule has 3 N–H and O–H groups in total. The normalized spacial score (nSPS) is 10.9. The smallest absolute Gasteiger partial charge is 0.343 e. The maximum Gasteiger partial charge on any atom is 0.343 e. The van der Waals surface area contributed by atoms with E-state index < -0.39 is 89.7 Å². The molecule has 2 amide bonds. The topological polar surface area (TPSA) is 264 Å². The quantitative estimate of drug-likeness (QED) is 0.0657. The Bertz CT molecular complexity index is 3930. The summed E-state index contributed by atoms with van der Waals surface area (Å²) in [6, 6.07) is 40.4. The number of nitrogens with zero attached hydrogens (tertiary/aromatic N) is 5. The summed E-state index contributed by atoms with van der Waals surface area (Å²) < 4.78 is 89.5. The molecule has 0 bridgehead atoms. The van der Waals surface area contributed by atoms with Crippen LogP contribution in [0.2, 0.25) is 0 Å². The third kappa shape index (κ3) is 17.1. The van der Waals surface area contributed by atoms with E-state index in [1.165, 1.54) is 99.0 Å². The first-order chi connectivity index (χ1) is 38.3. The zero-order valence-electron chi connectivity index (χ0n) is 44.0. The molecule has 20 nitrogen and oxygen atoms in total. The summed E-state index contributed by atoms with van der Waals surface area (Å²) in [5.41, 5.74) is 1.63. The molecule has 8 aromatic rings. The molecule has 2 heterocycles. The molecule has 420 valence electrons. The van der Waals surface area contributed by atoms with Gasteiger partial charge in [-0.1, -0.05) is 96.1 Å². The first-order valence-electron chi connectivity index (χ1n) is 23.9. The molecular weight excluding hydrogens is 1160 g/mol. The number of nitrogens with one attached hydrogen (secondary N) is 3. The summed E-state index contributed by atoms with van der Waals surface area (Å²) in [7, 11) is -4.54. The molecule has 0 aliphatic rings. The number of rotatable bonds is 15. The third-order valence-electron chi connectivity index (χ3n) is 11.1. The van der Waals surface area contributed by atoms with Crippen molar-refractivity contribution in [1.82, 2.24) is 29.7 Å². The number of amides is 2. The van der Waals surface area contributed by atoms with Gasteiger partial charge in [0.05, 0.1) is 29.3 Å². The van der Waals surface area contributed by atoms with Gasteiger partial charge in [-0.15, -0.1) is 0 Å². The van der Waals surface area contributed by atoms with E-state index in [4.69, 9.17) is 9.47 Å². The Hall–Kier alpha value is -9.20. The highest BCUT2D eigenvalue weighted by atomic mass is 79.9. The minimum Gasteiger partial charge on any atom is -0.414 e. The number of hydrogen-bond acceptors (Lipinski definition) is 14. The van der Waals surface area contributed by atoms with Gasteiger partial charge in [-0.3, -0.25) is 33.0 Å². The highest BCUT2D eigenvalue weighted by Crippen LogP contribution is 2.29. The monoisotopic (exact) mass is 1210 g/mol. The molecule has 0 saturated heterocycles. The summed E-state index contributed by atoms with van der Waals surface area (Å²) in [5.74, 6) is -5.77. The number of hydrogen-bond donors (Lipinski definition) is 3. The fourth-order valence-electron chi connectivity index (χ4n) is 6.96. The second-order valence-corrected chi connectivity index (χ2v) is 21.9. The van der Waals surface area contributed by atoms with Crippen LogP contribution in [0.5, 0.6) is 11.5 Å². The molecule has 2 aromatic heterocycles. The molecular formula is C56H51BrF2N8O12S2. The summed E-state index contributed by atoms with van der Waals surface area (Å²) >= 11 is 3.10. The van der Waals surface area contributed by atoms with Gasteiger partial charge in [-0.2, -0.15) is 0 Å². The first kappa shape index (κ1) is 61.0. The lowest BCUT2D eigenvalue weighted by Crippen LogP contribution is -2.36. The standard InChI is InChI=1S/C28H25FN4O6S.C20H15BrFN3O4.C8H11NO2S/c1-18-9-15-22(16-10-18)33(40(3,37)38)28-31-23(25(34)30-17-19-11-13-21(29)14-12-19)24(26(35)32(28)2)39-27(36)20-7-5-4-6-8-20;1-25-18(27)16(29-19(28)13-5-3-2-4-6-13)15(24-20(25)21)17(26)23-11-12-7-9-14(22)10-8-12;1-7-3-5-8(6-4-7)9-12(2,10)11/h4-16H,17H2,1-3H3,(H,30,34);2-10H,11H2,1H3,(H,23,26);3-6,9H,1-2H3. The number of sulfonamides is 2. The van der Waals surface area contributed by atoms with Crippen LogP contribution < -0.4 is 40.3 Å². The molecule has 0 saturated carbocycles.